The molecule has 0 N–H and O–H groups in total. The highest BCUT2D eigenvalue weighted by Gasteiger charge is 2.33. The summed E-state index contributed by atoms with van der Waals surface area (Å²) in [4.78, 5) is 18.4. The van der Waals surface area contributed by atoms with Crippen molar-refractivity contribution in [3.05, 3.63) is 30.1 Å². The summed E-state index contributed by atoms with van der Waals surface area (Å²) in [6.45, 7) is 6.60. The minimum Gasteiger partial charge on any atom is -0.366 e. The van der Waals surface area contributed by atoms with Crippen molar-refractivity contribution in [3.63, 3.8) is 0 Å². The molecular formula is C15H22N2O2. The molecule has 0 radical (unpaired) electrons. The molecule has 19 heavy (non-hydrogen) atoms. The molecule has 104 valence electrons. The van der Waals surface area contributed by atoms with Crippen LogP contribution in [0.5, 0.6) is 0 Å². The van der Waals surface area contributed by atoms with Crippen molar-refractivity contribution in [2.75, 3.05) is 6.61 Å². The number of pyridine rings is 1. The van der Waals surface area contributed by atoms with E-state index in [1.165, 1.54) is 0 Å². The third-order valence-electron chi connectivity index (χ3n) is 3.00. The summed E-state index contributed by atoms with van der Waals surface area (Å²) in [6, 6.07) is 6.16. The van der Waals surface area contributed by atoms with Gasteiger partial charge in [0.25, 0.3) is 0 Å². The standard InChI is InChI=1S/C15H22N2O2/c1-15(2,3)19-11-14(18)17(13-7-8-13)10-12-6-4-5-9-16-12/h4-6,9,13H,7-8,10-11H2,1-3H3. The van der Waals surface area contributed by atoms with Crippen LogP contribution in [0, 0.1) is 0 Å². The second-order valence-corrected chi connectivity index (χ2v) is 5.97. The maximum absolute atomic E-state index is 12.2. The van der Waals surface area contributed by atoms with Gasteiger partial charge < -0.3 is 9.64 Å². The smallest absolute Gasteiger partial charge is 0.249 e. The van der Waals surface area contributed by atoms with Crippen LogP contribution < -0.4 is 0 Å². The van der Waals surface area contributed by atoms with Gasteiger partial charge in [0.2, 0.25) is 5.91 Å². The molecule has 0 aromatic carbocycles. The fourth-order valence-electron chi connectivity index (χ4n) is 1.83. The molecule has 2 rings (SSSR count). The number of rotatable bonds is 5. The zero-order chi connectivity index (χ0) is 13.9. The predicted octanol–water partition coefficient (Wildman–Crippen LogP) is 2.39. The van der Waals surface area contributed by atoms with E-state index < -0.39 is 0 Å². The van der Waals surface area contributed by atoms with Gasteiger partial charge in [0.1, 0.15) is 6.61 Å². The number of ether oxygens (including phenoxy) is 1. The summed E-state index contributed by atoms with van der Waals surface area (Å²) in [5.41, 5.74) is 0.647. The van der Waals surface area contributed by atoms with Gasteiger partial charge in [-0.05, 0) is 45.7 Å². The Bertz CT molecular complexity index is 422. The molecular weight excluding hydrogens is 240 g/mol. The van der Waals surface area contributed by atoms with E-state index >= 15 is 0 Å². The first-order valence-electron chi connectivity index (χ1n) is 6.79. The van der Waals surface area contributed by atoms with Crippen LogP contribution in [-0.4, -0.2) is 34.0 Å². The molecule has 0 saturated heterocycles. The van der Waals surface area contributed by atoms with Crippen LogP contribution in [-0.2, 0) is 16.1 Å². The molecule has 0 unspecified atom stereocenters. The lowest BCUT2D eigenvalue weighted by Gasteiger charge is -2.25. The Morgan fingerprint density at radius 3 is 2.68 bits per heavy atom. The predicted molar refractivity (Wildman–Crippen MR) is 73.5 cm³/mol. The number of carbonyl (C=O) groups excluding carboxylic acids is 1. The molecule has 0 aliphatic heterocycles. The second kappa shape index (κ2) is 5.70. The number of hydrogen-bond acceptors (Lipinski definition) is 3. The molecule has 1 aromatic heterocycles. The fraction of sp³-hybridized carbons (Fsp3) is 0.600. The third kappa shape index (κ3) is 4.63. The number of carbonyl (C=O) groups is 1. The largest absolute Gasteiger partial charge is 0.366 e. The minimum atomic E-state index is -0.282. The number of hydrogen-bond donors (Lipinski definition) is 0. The van der Waals surface area contributed by atoms with Crippen LogP contribution in [0.15, 0.2) is 24.4 Å². The number of nitrogens with zero attached hydrogens (tertiary/aromatic N) is 2. The van der Waals surface area contributed by atoms with E-state index in [-0.39, 0.29) is 18.1 Å². The first kappa shape index (κ1) is 14.0. The van der Waals surface area contributed by atoms with Crippen LogP contribution in [0.1, 0.15) is 39.3 Å². The first-order chi connectivity index (χ1) is 8.96. The second-order valence-electron chi connectivity index (χ2n) is 5.97. The van der Waals surface area contributed by atoms with Gasteiger partial charge >= 0.3 is 0 Å². The number of aromatic nitrogens is 1. The molecule has 1 aliphatic rings. The summed E-state index contributed by atoms with van der Waals surface area (Å²) >= 11 is 0. The summed E-state index contributed by atoms with van der Waals surface area (Å²) in [6.07, 6.45) is 3.94. The number of amides is 1. The van der Waals surface area contributed by atoms with Gasteiger partial charge in [0.15, 0.2) is 0 Å². The molecule has 0 atom stereocenters. The lowest BCUT2D eigenvalue weighted by atomic mass is 10.2. The molecule has 1 aromatic rings. The van der Waals surface area contributed by atoms with E-state index in [9.17, 15) is 4.79 Å². The van der Waals surface area contributed by atoms with E-state index in [1.54, 1.807) is 6.20 Å². The Morgan fingerprint density at radius 2 is 2.16 bits per heavy atom. The zero-order valence-electron chi connectivity index (χ0n) is 11.9. The third-order valence-corrected chi connectivity index (χ3v) is 3.00. The Labute approximate surface area is 114 Å². The van der Waals surface area contributed by atoms with Crippen molar-refractivity contribution in [1.29, 1.82) is 0 Å². The minimum absolute atomic E-state index is 0.0584. The van der Waals surface area contributed by atoms with Crippen LogP contribution in [0.2, 0.25) is 0 Å². The highest BCUT2D eigenvalue weighted by atomic mass is 16.5. The summed E-state index contributed by atoms with van der Waals surface area (Å²) < 4.78 is 5.58. The van der Waals surface area contributed by atoms with Gasteiger partial charge in [-0.15, -0.1) is 0 Å². The molecule has 1 fully saturated rings. The van der Waals surface area contributed by atoms with Crippen molar-refractivity contribution in [2.24, 2.45) is 0 Å². The average molecular weight is 262 g/mol. The van der Waals surface area contributed by atoms with E-state index in [1.807, 2.05) is 43.9 Å². The molecule has 0 bridgehead atoms. The van der Waals surface area contributed by atoms with Gasteiger partial charge in [-0.2, -0.15) is 0 Å². The lowest BCUT2D eigenvalue weighted by molar-refractivity contribution is -0.142. The molecule has 1 heterocycles. The van der Waals surface area contributed by atoms with Gasteiger partial charge in [-0.3, -0.25) is 9.78 Å². The molecule has 4 nitrogen and oxygen atoms in total. The summed E-state index contributed by atoms with van der Waals surface area (Å²) in [5.74, 6) is 0.0584. The zero-order valence-corrected chi connectivity index (χ0v) is 11.9. The van der Waals surface area contributed by atoms with Crippen molar-refractivity contribution in [1.82, 2.24) is 9.88 Å². The van der Waals surface area contributed by atoms with Crippen LogP contribution in [0.3, 0.4) is 0 Å². The van der Waals surface area contributed by atoms with Crippen molar-refractivity contribution >= 4 is 5.91 Å². The molecule has 1 amide bonds. The van der Waals surface area contributed by atoms with Gasteiger partial charge in [0.05, 0.1) is 17.8 Å². The van der Waals surface area contributed by atoms with E-state index in [2.05, 4.69) is 4.98 Å². The molecule has 1 saturated carbocycles. The van der Waals surface area contributed by atoms with Gasteiger partial charge in [-0.25, -0.2) is 0 Å². The Balaban J connectivity index is 1.94. The van der Waals surface area contributed by atoms with Crippen molar-refractivity contribution in [2.45, 2.75) is 51.8 Å². The maximum Gasteiger partial charge on any atom is 0.249 e. The van der Waals surface area contributed by atoms with Crippen molar-refractivity contribution in [3.8, 4) is 0 Å². The Kier molecular flexibility index (Phi) is 4.20. The SMILES string of the molecule is CC(C)(C)OCC(=O)N(Cc1ccccn1)C1CC1. The fourth-order valence-corrected chi connectivity index (χ4v) is 1.83. The monoisotopic (exact) mass is 262 g/mol. The molecule has 1 aliphatic carbocycles. The van der Waals surface area contributed by atoms with Crippen LogP contribution >= 0.6 is 0 Å². The quantitative estimate of drug-likeness (QED) is 0.818. The van der Waals surface area contributed by atoms with E-state index in [0.29, 0.717) is 12.6 Å². The molecule has 0 spiro atoms. The highest BCUT2D eigenvalue weighted by Crippen LogP contribution is 2.28. The van der Waals surface area contributed by atoms with Crippen LogP contribution in [0.25, 0.3) is 0 Å². The Hall–Kier alpha value is -1.42. The Morgan fingerprint density at radius 1 is 1.42 bits per heavy atom. The van der Waals surface area contributed by atoms with E-state index in [0.717, 1.165) is 18.5 Å². The summed E-state index contributed by atoms with van der Waals surface area (Å²) in [7, 11) is 0. The van der Waals surface area contributed by atoms with Crippen molar-refractivity contribution < 1.29 is 9.53 Å². The van der Waals surface area contributed by atoms with Crippen LogP contribution in [0.4, 0.5) is 0 Å². The van der Waals surface area contributed by atoms with Gasteiger partial charge in [0, 0.05) is 12.2 Å². The topological polar surface area (TPSA) is 42.4 Å². The average Bonchev–Trinajstić information content (AvgIpc) is 3.18. The summed E-state index contributed by atoms with van der Waals surface area (Å²) in [5, 5.41) is 0. The normalized spacial score (nSPS) is 15.3. The van der Waals surface area contributed by atoms with E-state index in [4.69, 9.17) is 4.74 Å². The first-order valence-corrected chi connectivity index (χ1v) is 6.79. The maximum atomic E-state index is 12.2. The lowest BCUT2D eigenvalue weighted by Crippen LogP contribution is -2.37. The highest BCUT2D eigenvalue weighted by molar-refractivity contribution is 5.78. The molecule has 4 heteroatoms. The van der Waals surface area contributed by atoms with Gasteiger partial charge in [-0.1, -0.05) is 6.07 Å².